The zero-order chi connectivity index (χ0) is 30.0. The highest BCUT2D eigenvalue weighted by Crippen LogP contribution is 2.34. The average molecular weight is 606 g/mol. The van der Waals surface area contributed by atoms with Crippen LogP contribution in [0.3, 0.4) is 0 Å². The monoisotopic (exact) mass is 605 g/mol. The predicted molar refractivity (Wildman–Crippen MR) is 150 cm³/mol. The number of nitrogens with one attached hydrogen (secondary N) is 1. The van der Waals surface area contributed by atoms with Crippen molar-refractivity contribution in [2.45, 2.75) is 24.9 Å². The van der Waals surface area contributed by atoms with Crippen molar-refractivity contribution < 1.29 is 22.4 Å². The summed E-state index contributed by atoms with van der Waals surface area (Å²) in [4.78, 5) is 25.4. The van der Waals surface area contributed by atoms with Crippen molar-refractivity contribution in [1.82, 2.24) is 30.0 Å². The number of aliphatic imine (C=N–C) groups is 1. The van der Waals surface area contributed by atoms with Gasteiger partial charge in [-0.15, -0.1) is 0 Å². The Morgan fingerprint density at radius 2 is 1.90 bits per heavy atom. The van der Waals surface area contributed by atoms with Gasteiger partial charge in [-0.05, 0) is 35.4 Å². The number of aromatic amines is 1. The fraction of sp³-hybridized carbons (Fsp3) is 0.370. The van der Waals surface area contributed by atoms with Crippen LogP contribution in [0.2, 0.25) is 5.02 Å². The van der Waals surface area contributed by atoms with E-state index >= 15 is 0 Å². The number of H-pyrrole nitrogens is 1. The van der Waals surface area contributed by atoms with Gasteiger partial charge in [0.25, 0.3) is 5.91 Å². The van der Waals surface area contributed by atoms with Crippen molar-refractivity contribution in [3.8, 4) is 11.4 Å². The fourth-order valence-electron chi connectivity index (χ4n) is 5.07. The third kappa shape index (κ3) is 6.09. The number of halogens is 5. The van der Waals surface area contributed by atoms with Crippen molar-refractivity contribution in [2.75, 3.05) is 33.2 Å². The number of nitrogens with two attached hydrogens (primary N) is 1. The van der Waals surface area contributed by atoms with Crippen LogP contribution in [-0.2, 0) is 0 Å². The summed E-state index contributed by atoms with van der Waals surface area (Å²) in [6.45, 7) is -2.16. The molecule has 2 aliphatic rings. The summed E-state index contributed by atoms with van der Waals surface area (Å²) in [5.41, 5.74) is 8.45. The molecular weight excluding hydrogens is 578 g/mol. The molecule has 2 unspecified atom stereocenters. The van der Waals surface area contributed by atoms with Crippen LogP contribution < -0.4 is 5.73 Å². The first-order chi connectivity index (χ1) is 20.2. The number of amides is 1. The number of hydrogen-bond donors (Lipinski definition) is 2. The van der Waals surface area contributed by atoms with Gasteiger partial charge in [-0.1, -0.05) is 29.8 Å². The van der Waals surface area contributed by atoms with Crippen molar-refractivity contribution >= 4 is 29.7 Å². The third-order valence-corrected chi connectivity index (χ3v) is 7.74. The standard InChI is InChI=1S/C27H28ClF4N9O/c1-34-27(33)41(25(42)16-4-2-15(3-5-16)18-9-37-40(12-18)26(31)32)22(13-39-10-19(11-39)23(29)30)17-6-7-21(28)20(8-17)24-35-14-36-38-24/h2-9,14,18-19,22-23,26H,10-13H2,1H3,(H2,33,34)(H,35,36,38). The van der Waals surface area contributed by atoms with Crippen LogP contribution in [0, 0.1) is 5.92 Å². The van der Waals surface area contributed by atoms with Gasteiger partial charge < -0.3 is 5.73 Å². The van der Waals surface area contributed by atoms with E-state index in [9.17, 15) is 22.4 Å². The minimum atomic E-state index is -2.70. The first-order valence-electron chi connectivity index (χ1n) is 13.1. The van der Waals surface area contributed by atoms with E-state index in [1.54, 1.807) is 42.5 Å². The summed E-state index contributed by atoms with van der Waals surface area (Å²) in [5, 5.41) is 11.5. The lowest BCUT2D eigenvalue weighted by atomic mass is 9.95. The molecule has 42 heavy (non-hydrogen) atoms. The van der Waals surface area contributed by atoms with Gasteiger partial charge >= 0.3 is 6.55 Å². The van der Waals surface area contributed by atoms with Gasteiger partial charge in [0.1, 0.15) is 6.33 Å². The van der Waals surface area contributed by atoms with E-state index in [-0.39, 0.29) is 43.6 Å². The maximum absolute atomic E-state index is 14.0. The van der Waals surface area contributed by atoms with Crippen LogP contribution in [0.15, 0.2) is 58.9 Å². The molecule has 0 bridgehead atoms. The number of carbonyl (C=O) groups excluding carboxylic acids is 1. The van der Waals surface area contributed by atoms with Crippen LogP contribution >= 0.6 is 11.6 Å². The molecule has 0 aliphatic carbocycles. The van der Waals surface area contributed by atoms with E-state index in [2.05, 4.69) is 25.3 Å². The number of alkyl halides is 4. The molecule has 0 radical (unpaired) electrons. The number of aromatic nitrogens is 3. The second-order valence-electron chi connectivity index (χ2n) is 10.1. The largest absolute Gasteiger partial charge is 0.369 e. The molecule has 3 heterocycles. The lowest BCUT2D eigenvalue weighted by Gasteiger charge is -2.43. The Balaban J connectivity index is 1.47. The van der Waals surface area contributed by atoms with Gasteiger partial charge in [0.15, 0.2) is 11.8 Å². The summed E-state index contributed by atoms with van der Waals surface area (Å²) in [7, 11) is 1.45. The van der Waals surface area contributed by atoms with Crippen molar-refractivity contribution in [1.29, 1.82) is 0 Å². The molecule has 1 aromatic heterocycles. The molecule has 2 aliphatic heterocycles. The van der Waals surface area contributed by atoms with Crippen molar-refractivity contribution in [3.63, 3.8) is 0 Å². The maximum Gasteiger partial charge on any atom is 0.329 e. The summed E-state index contributed by atoms with van der Waals surface area (Å²) < 4.78 is 52.5. The quantitative estimate of drug-likeness (QED) is 0.164. The summed E-state index contributed by atoms with van der Waals surface area (Å²) in [6.07, 6.45) is 0.341. The Labute approximate surface area is 243 Å². The Bertz CT molecular complexity index is 1450. The molecule has 1 fully saturated rings. The molecule has 1 amide bonds. The van der Waals surface area contributed by atoms with Crippen LogP contribution in [0.5, 0.6) is 0 Å². The SMILES string of the molecule is CN=C(N)N(C(=O)c1ccc(C2C=NN(C(F)F)C2)cc1)C(CN1CC(C(F)F)C1)c1ccc(Cl)c(-c2ncn[nH]2)c1. The van der Waals surface area contributed by atoms with E-state index in [1.165, 1.54) is 24.5 Å². The molecule has 3 N–H and O–H groups in total. The number of guanidine groups is 1. The van der Waals surface area contributed by atoms with Crippen LogP contribution in [-0.4, -0.2) is 94.3 Å². The highest BCUT2D eigenvalue weighted by Gasteiger charge is 2.38. The number of hydrazone groups is 1. The maximum atomic E-state index is 14.0. The van der Waals surface area contributed by atoms with Crippen molar-refractivity contribution in [2.24, 2.45) is 21.7 Å². The first kappa shape index (κ1) is 29.5. The molecular formula is C27H28ClF4N9O. The van der Waals surface area contributed by atoms with Crippen LogP contribution in [0.4, 0.5) is 17.6 Å². The Hall–Kier alpha value is -4.04. The lowest BCUT2D eigenvalue weighted by molar-refractivity contribution is -0.0309. The molecule has 10 nitrogen and oxygen atoms in total. The van der Waals surface area contributed by atoms with E-state index < -0.39 is 30.8 Å². The Morgan fingerprint density at radius 1 is 1.17 bits per heavy atom. The summed E-state index contributed by atoms with van der Waals surface area (Å²) >= 11 is 6.45. The molecule has 1 saturated heterocycles. The predicted octanol–water partition coefficient (Wildman–Crippen LogP) is 4.06. The van der Waals surface area contributed by atoms with Crippen LogP contribution in [0.25, 0.3) is 11.4 Å². The van der Waals surface area contributed by atoms with Crippen molar-refractivity contribution in [3.05, 3.63) is 70.5 Å². The third-order valence-electron chi connectivity index (χ3n) is 7.41. The Kier molecular flexibility index (Phi) is 8.73. The first-order valence-corrected chi connectivity index (χ1v) is 13.4. The zero-order valence-electron chi connectivity index (χ0n) is 22.4. The van der Waals surface area contributed by atoms with Gasteiger partial charge in [-0.2, -0.15) is 19.0 Å². The molecule has 2 aromatic carbocycles. The Morgan fingerprint density at radius 3 is 2.50 bits per heavy atom. The molecule has 2 atom stereocenters. The highest BCUT2D eigenvalue weighted by atomic mass is 35.5. The van der Waals surface area contributed by atoms with Gasteiger partial charge in [-0.25, -0.2) is 18.8 Å². The number of rotatable bonds is 9. The number of hydrogen-bond acceptors (Lipinski definition) is 7. The van der Waals surface area contributed by atoms with Gasteiger partial charge in [-0.3, -0.25) is 24.7 Å². The molecule has 5 rings (SSSR count). The fourth-order valence-corrected chi connectivity index (χ4v) is 5.28. The van der Waals surface area contributed by atoms with E-state index in [1.807, 2.05) is 4.90 Å². The van der Waals surface area contributed by atoms with E-state index in [4.69, 9.17) is 17.3 Å². The van der Waals surface area contributed by atoms with Crippen LogP contribution in [0.1, 0.15) is 33.4 Å². The smallest absolute Gasteiger partial charge is 0.329 e. The van der Waals surface area contributed by atoms with Gasteiger partial charge in [0, 0.05) is 55.9 Å². The number of carbonyl (C=O) groups is 1. The molecule has 15 heteroatoms. The second kappa shape index (κ2) is 12.4. The second-order valence-corrected chi connectivity index (χ2v) is 10.5. The number of likely N-dealkylation sites (tertiary alicyclic amines) is 1. The molecule has 3 aromatic rings. The molecule has 0 saturated carbocycles. The summed E-state index contributed by atoms with van der Waals surface area (Å²) in [5.74, 6) is -1.26. The topological polar surface area (TPSA) is 119 Å². The van der Waals surface area contributed by atoms with E-state index in [0.717, 1.165) is 0 Å². The minimum absolute atomic E-state index is 0.0220. The van der Waals surface area contributed by atoms with Gasteiger partial charge in [0.05, 0.1) is 17.6 Å². The normalized spacial score (nSPS) is 18.6. The average Bonchev–Trinajstić information content (AvgIpc) is 3.67. The zero-order valence-corrected chi connectivity index (χ0v) is 23.2. The molecule has 222 valence electrons. The highest BCUT2D eigenvalue weighted by molar-refractivity contribution is 6.33. The molecule has 0 spiro atoms. The summed E-state index contributed by atoms with van der Waals surface area (Å²) in [6, 6.07) is 10.9. The number of nitrogens with zero attached hydrogens (tertiary/aromatic N) is 7. The minimum Gasteiger partial charge on any atom is -0.369 e. The van der Waals surface area contributed by atoms with E-state index in [0.29, 0.717) is 32.5 Å². The lowest BCUT2D eigenvalue weighted by Crippen LogP contribution is -2.55. The number of benzene rings is 2. The van der Waals surface area contributed by atoms with Gasteiger partial charge in [0.2, 0.25) is 6.43 Å².